The molecule has 1 atom stereocenters. The molecule has 3 aromatic rings. The Balaban J connectivity index is 1.54. The predicted molar refractivity (Wildman–Crippen MR) is 150 cm³/mol. The van der Waals surface area contributed by atoms with Crippen molar-refractivity contribution in [1.29, 1.82) is 0 Å². The molecule has 2 nitrogen and oxygen atoms in total. The summed E-state index contributed by atoms with van der Waals surface area (Å²) in [6, 6.07) is 29.7. The van der Waals surface area contributed by atoms with E-state index < -0.39 is 0 Å². The molecule has 2 saturated carbocycles. The van der Waals surface area contributed by atoms with Crippen molar-refractivity contribution in [2.45, 2.75) is 76.8 Å². The molecule has 0 bridgehead atoms. The lowest BCUT2D eigenvalue weighted by atomic mass is 9.60. The SMILES string of the molecule is CC1=C2N(c3ccccc3C2(C2CCCC2)C2CCCC2)C(c2ccccc2)N1c1ccccc1C. The second kappa shape index (κ2) is 8.54. The first-order valence-electron chi connectivity index (χ1n) is 14.2. The van der Waals surface area contributed by atoms with Crippen LogP contribution in [0, 0.1) is 18.8 Å². The maximum atomic E-state index is 2.78. The first-order chi connectivity index (χ1) is 17.7. The molecule has 184 valence electrons. The molecule has 0 saturated heterocycles. The highest BCUT2D eigenvalue weighted by molar-refractivity contribution is 5.80. The zero-order valence-corrected chi connectivity index (χ0v) is 21.8. The first-order valence-corrected chi connectivity index (χ1v) is 14.2. The molecule has 0 spiro atoms. The third kappa shape index (κ3) is 2.97. The molecule has 2 aliphatic heterocycles. The molecule has 0 amide bonds. The molecular weight excluding hydrogens is 436 g/mol. The Morgan fingerprint density at radius 3 is 1.81 bits per heavy atom. The monoisotopic (exact) mass is 474 g/mol. The lowest BCUT2D eigenvalue weighted by molar-refractivity contribution is 0.217. The highest BCUT2D eigenvalue weighted by atomic mass is 15.4. The number of aryl methyl sites for hydroxylation is 1. The largest absolute Gasteiger partial charge is 0.318 e. The van der Waals surface area contributed by atoms with E-state index in [1.807, 2.05) is 0 Å². The molecule has 3 aromatic carbocycles. The molecule has 1 unspecified atom stereocenters. The van der Waals surface area contributed by atoms with Gasteiger partial charge in [0.15, 0.2) is 0 Å². The summed E-state index contributed by atoms with van der Waals surface area (Å²) in [5, 5.41) is 0. The second-order valence-corrected chi connectivity index (χ2v) is 11.6. The van der Waals surface area contributed by atoms with Crippen LogP contribution in [0.3, 0.4) is 0 Å². The Kier molecular flexibility index (Phi) is 5.27. The average Bonchev–Trinajstić information content (AvgIpc) is 3.71. The fourth-order valence-electron chi connectivity index (χ4n) is 8.61. The van der Waals surface area contributed by atoms with Crippen LogP contribution in [0.5, 0.6) is 0 Å². The zero-order valence-electron chi connectivity index (χ0n) is 21.8. The number of allylic oxidation sites excluding steroid dienone is 2. The summed E-state index contributed by atoms with van der Waals surface area (Å²) in [6.45, 7) is 4.70. The Labute approximate surface area is 216 Å². The van der Waals surface area contributed by atoms with Crippen LogP contribution >= 0.6 is 0 Å². The Bertz CT molecular complexity index is 1280. The van der Waals surface area contributed by atoms with E-state index in [0.29, 0.717) is 0 Å². The van der Waals surface area contributed by atoms with Crippen molar-refractivity contribution in [2.24, 2.45) is 11.8 Å². The van der Waals surface area contributed by atoms with Crippen LogP contribution in [-0.4, -0.2) is 0 Å². The molecule has 2 aliphatic carbocycles. The Hall–Kier alpha value is -3.00. The molecule has 2 fully saturated rings. The summed E-state index contributed by atoms with van der Waals surface area (Å²) in [6.07, 6.45) is 11.2. The van der Waals surface area contributed by atoms with E-state index in [9.17, 15) is 0 Å². The topological polar surface area (TPSA) is 6.48 Å². The van der Waals surface area contributed by atoms with Gasteiger partial charge in [-0.1, -0.05) is 92.4 Å². The fourth-order valence-corrected chi connectivity index (χ4v) is 8.61. The maximum absolute atomic E-state index is 2.78. The summed E-state index contributed by atoms with van der Waals surface area (Å²) in [5.74, 6) is 1.48. The van der Waals surface area contributed by atoms with E-state index in [2.05, 4.69) is 103 Å². The lowest BCUT2D eigenvalue weighted by Crippen LogP contribution is -2.42. The highest BCUT2D eigenvalue weighted by Gasteiger charge is 2.61. The highest BCUT2D eigenvalue weighted by Crippen LogP contribution is 2.67. The van der Waals surface area contributed by atoms with Gasteiger partial charge < -0.3 is 9.80 Å². The van der Waals surface area contributed by atoms with Gasteiger partial charge in [-0.05, 0) is 80.2 Å². The molecule has 0 N–H and O–H groups in total. The van der Waals surface area contributed by atoms with Crippen LogP contribution in [0.15, 0.2) is 90.3 Å². The van der Waals surface area contributed by atoms with Gasteiger partial charge >= 0.3 is 0 Å². The molecule has 7 rings (SSSR count). The van der Waals surface area contributed by atoms with Gasteiger partial charge in [0, 0.05) is 22.5 Å². The molecule has 0 radical (unpaired) electrons. The van der Waals surface area contributed by atoms with Crippen molar-refractivity contribution in [2.75, 3.05) is 9.80 Å². The van der Waals surface area contributed by atoms with Crippen LogP contribution in [0.1, 0.15) is 81.1 Å². The third-order valence-corrected chi connectivity index (χ3v) is 9.91. The van der Waals surface area contributed by atoms with Gasteiger partial charge in [-0.15, -0.1) is 0 Å². The number of nitrogens with zero attached hydrogens (tertiary/aromatic N) is 2. The number of hydrogen-bond donors (Lipinski definition) is 0. The number of fused-ring (bicyclic) bond motifs is 3. The van der Waals surface area contributed by atoms with Crippen molar-refractivity contribution in [1.82, 2.24) is 0 Å². The van der Waals surface area contributed by atoms with Crippen LogP contribution < -0.4 is 9.80 Å². The lowest BCUT2D eigenvalue weighted by Gasteiger charge is -2.43. The van der Waals surface area contributed by atoms with Crippen LogP contribution in [0.25, 0.3) is 0 Å². The molecule has 2 heterocycles. The smallest absolute Gasteiger partial charge is 0.136 e. The van der Waals surface area contributed by atoms with Gasteiger partial charge in [-0.25, -0.2) is 0 Å². The van der Waals surface area contributed by atoms with Gasteiger partial charge in [0.25, 0.3) is 0 Å². The average molecular weight is 475 g/mol. The van der Waals surface area contributed by atoms with Crippen LogP contribution in [0.2, 0.25) is 0 Å². The quantitative estimate of drug-likeness (QED) is 0.372. The normalized spacial score (nSPS) is 23.6. The molecule has 4 aliphatic rings. The number of rotatable bonds is 4. The second-order valence-electron chi connectivity index (χ2n) is 11.6. The van der Waals surface area contributed by atoms with E-state index in [0.717, 1.165) is 11.8 Å². The van der Waals surface area contributed by atoms with Gasteiger partial charge in [-0.3, -0.25) is 0 Å². The van der Waals surface area contributed by atoms with Crippen molar-refractivity contribution >= 4 is 11.4 Å². The van der Waals surface area contributed by atoms with E-state index in [1.54, 1.807) is 11.3 Å². The minimum Gasteiger partial charge on any atom is -0.318 e. The summed E-state index contributed by atoms with van der Waals surface area (Å²) >= 11 is 0. The molecular formula is C34H38N2. The van der Waals surface area contributed by atoms with E-state index >= 15 is 0 Å². The van der Waals surface area contributed by atoms with Gasteiger partial charge in [-0.2, -0.15) is 0 Å². The predicted octanol–water partition coefficient (Wildman–Crippen LogP) is 8.88. The third-order valence-electron chi connectivity index (χ3n) is 9.91. The number of para-hydroxylation sites is 2. The van der Waals surface area contributed by atoms with Gasteiger partial charge in [0.05, 0.1) is 5.70 Å². The van der Waals surface area contributed by atoms with Crippen molar-refractivity contribution in [3.63, 3.8) is 0 Å². The maximum Gasteiger partial charge on any atom is 0.136 e. The standard InChI is InChI=1S/C34H38N2/c1-24-14-6-12-22-30(24)35-25(2)32-34(27-17-7-8-18-27,28-19-9-10-20-28)29-21-11-13-23-31(29)36(32)33(35)26-15-4-3-5-16-26/h3-6,11-16,21-23,27-28,33H,7-10,17-20H2,1-2H3. The molecule has 2 heteroatoms. The number of hydrogen-bond acceptors (Lipinski definition) is 2. The molecule has 36 heavy (non-hydrogen) atoms. The summed E-state index contributed by atoms with van der Waals surface area (Å²) in [5.41, 5.74) is 10.4. The summed E-state index contributed by atoms with van der Waals surface area (Å²) in [7, 11) is 0. The van der Waals surface area contributed by atoms with E-state index in [1.165, 1.54) is 79.6 Å². The van der Waals surface area contributed by atoms with E-state index in [4.69, 9.17) is 0 Å². The fraction of sp³-hybridized carbons (Fsp3) is 0.412. The van der Waals surface area contributed by atoms with Crippen molar-refractivity contribution in [3.05, 3.63) is 107 Å². The minimum atomic E-state index is 0.137. The van der Waals surface area contributed by atoms with Gasteiger partial charge in [0.2, 0.25) is 0 Å². The first kappa shape index (κ1) is 22.2. The number of benzene rings is 3. The van der Waals surface area contributed by atoms with E-state index in [-0.39, 0.29) is 11.6 Å². The summed E-state index contributed by atoms with van der Waals surface area (Å²) in [4.78, 5) is 5.46. The number of anilines is 2. The Morgan fingerprint density at radius 1 is 0.611 bits per heavy atom. The molecule has 0 aromatic heterocycles. The van der Waals surface area contributed by atoms with Crippen molar-refractivity contribution in [3.8, 4) is 0 Å². The van der Waals surface area contributed by atoms with Gasteiger partial charge in [0.1, 0.15) is 6.17 Å². The minimum absolute atomic E-state index is 0.137. The van der Waals surface area contributed by atoms with Crippen LogP contribution in [-0.2, 0) is 5.41 Å². The zero-order chi connectivity index (χ0) is 24.3. The van der Waals surface area contributed by atoms with Crippen LogP contribution in [0.4, 0.5) is 11.4 Å². The van der Waals surface area contributed by atoms with Crippen molar-refractivity contribution < 1.29 is 0 Å². The Morgan fingerprint density at radius 2 is 1.17 bits per heavy atom. The summed E-state index contributed by atoms with van der Waals surface area (Å²) < 4.78 is 0.